The van der Waals surface area contributed by atoms with E-state index in [1.807, 2.05) is 60.7 Å². The number of fused-ring (bicyclic) bond motifs is 1. The van der Waals surface area contributed by atoms with Crippen LogP contribution < -0.4 is 5.32 Å². The molecule has 0 bridgehead atoms. The fourth-order valence-electron chi connectivity index (χ4n) is 3.43. The van der Waals surface area contributed by atoms with E-state index in [1.165, 1.54) is 11.3 Å². The Morgan fingerprint density at radius 2 is 1.47 bits per heavy atom. The van der Waals surface area contributed by atoms with Gasteiger partial charge in [-0.1, -0.05) is 60.7 Å². The summed E-state index contributed by atoms with van der Waals surface area (Å²) in [5, 5.41) is 4.76. The van der Waals surface area contributed by atoms with Crippen LogP contribution in [0, 0.1) is 0 Å². The van der Waals surface area contributed by atoms with Crippen molar-refractivity contribution in [1.29, 1.82) is 0 Å². The number of rotatable bonds is 6. The molecule has 5 aromatic rings. The van der Waals surface area contributed by atoms with Crippen molar-refractivity contribution >= 4 is 39.4 Å². The number of thiazole rings is 1. The molecule has 0 spiro atoms. The van der Waals surface area contributed by atoms with Crippen LogP contribution in [0.2, 0.25) is 0 Å². The van der Waals surface area contributed by atoms with E-state index in [9.17, 15) is 9.59 Å². The molecule has 0 fully saturated rings. The highest BCUT2D eigenvalue weighted by atomic mass is 32.1. The molecule has 1 N–H and O–H groups in total. The molecule has 0 aliphatic heterocycles. The molecule has 0 radical (unpaired) electrons. The van der Waals surface area contributed by atoms with Crippen LogP contribution in [0.4, 0.5) is 5.13 Å². The Kier molecular flexibility index (Phi) is 6.05. The summed E-state index contributed by atoms with van der Waals surface area (Å²) in [5.41, 5.74) is 4.83. The summed E-state index contributed by atoms with van der Waals surface area (Å²) in [5.74, 6) is -1.07. The summed E-state index contributed by atoms with van der Waals surface area (Å²) in [6, 6.07) is 24.6. The van der Waals surface area contributed by atoms with Gasteiger partial charge in [0.2, 0.25) is 0 Å². The zero-order chi connectivity index (χ0) is 23.3. The summed E-state index contributed by atoms with van der Waals surface area (Å²) < 4.78 is 5.17. The Morgan fingerprint density at radius 3 is 2.09 bits per heavy atom. The van der Waals surface area contributed by atoms with Gasteiger partial charge in [0, 0.05) is 22.7 Å². The number of hydrogen-bond donors (Lipinski definition) is 1. The number of ether oxygens (including phenoxy) is 1. The third-order valence-electron chi connectivity index (χ3n) is 5.01. The molecule has 0 aliphatic rings. The van der Waals surface area contributed by atoms with Crippen molar-refractivity contribution in [3.8, 4) is 22.5 Å². The standard InChI is InChI=1S/C26H18N4O3S/c31-22(30-26-27-13-14-34-26)16-33-25(32)19-11-12-20-21(15-19)29-24(18-9-5-2-6-10-18)23(28-20)17-7-3-1-4-8-17/h1-15H,16H2,(H,27,30,31). The van der Waals surface area contributed by atoms with Crippen molar-refractivity contribution in [1.82, 2.24) is 15.0 Å². The lowest BCUT2D eigenvalue weighted by Gasteiger charge is -2.11. The molecule has 2 aromatic heterocycles. The van der Waals surface area contributed by atoms with Crippen LogP contribution in [-0.4, -0.2) is 33.4 Å². The van der Waals surface area contributed by atoms with Crippen molar-refractivity contribution in [2.45, 2.75) is 0 Å². The monoisotopic (exact) mass is 466 g/mol. The van der Waals surface area contributed by atoms with E-state index < -0.39 is 18.5 Å². The van der Waals surface area contributed by atoms with Crippen LogP contribution in [-0.2, 0) is 9.53 Å². The Hall–Kier alpha value is -4.43. The van der Waals surface area contributed by atoms with Gasteiger partial charge in [-0.2, -0.15) is 0 Å². The molecular weight excluding hydrogens is 448 g/mol. The quantitative estimate of drug-likeness (QED) is 0.345. The topological polar surface area (TPSA) is 94.1 Å². The number of carbonyl (C=O) groups excluding carboxylic acids is 2. The molecule has 0 saturated carbocycles. The number of nitrogens with one attached hydrogen (secondary N) is 1. The SMILES string of the molecule is O=C(COC(=O)c1ccc2nc(-c3ccccc3)c(-c3ccccc3)nc2c1)Nc1nccs1. The number of anilines is 1. The summed E-state index contributed by atoms with van der Waals surface area (Å²) in [6.07, 6.45) is 1.58. The highest BCUT2D eigenvalue weighted by molar-refractivity contribution is 7.13. The van der Waals surface area contributed by atoms with Crippen molar-refractivity contribution in [3.63, 3.8) is 0 Å². The predicted octanol–water partition coefficient (Wildman–Crippen LogP) is 5.22. The van der Waals surface area contributed by atoms with Gasteiger partial charge in [-0.05, 0) is 18.2 Å². The molecule has 7 nitrogen and oxygen atoms in total. The summed E-state index contributed by atoms with van der Waals surface area (Å²) in [4.78, 5) is 38.2. The second kappa shape index (κ2) is 9.60. The zero-order valence-electron chi connectivity index (χ0n) is 17.8. The van der Waals surface area contributed by atoms with Crippen LogP contribution in [0.25, 0.3) is 33.5 Å². The first-order chi connectivity index (χ1) is 16.7. The normalized spacial score (nSPS) is 10.7. The predicted molar refractivity (Wildman–Crippen MR) is 131 cm³/mol. The van der Waals surface area contributed by atoms with Gasteiger partial charge < -0.3 is 4.74 Å². The average Bonchev–Trinajstić information content (AvgIpc) is 3.40. The van der Waals surface area contributed by atoms with Gasteiger partial charge in [-0.15, -0.1) is 11.3 Å². The second-order valence-corrected chi connectivity index (χ2v) is 8.21. The van der Waals surface area contributed by atoms with E-state index in [1.54, 1.807) is 29.8 Å². The van der Waals surface area contributed by atoms with Gasteiger partial charge in [-0.3, -0.25) is 10.1 Å². The first-order valence-corrected chi connectivity index (χ1v) is 11.3. The van der Waals surface area contributed by atoms with Crippen LogP contribution in [0.3, 0.4) is 0 Å². The van der Waals surface area contributed by atoms with Gasteiger partial charge in [0.05, 0.1) is 28.0 Å². The molecule has 1 amide bonds. The average molecular weight is 467 g/mol. The molecule has 0 aliphatic carbocycles. The number of carbonyl (C=O) groups is 2. The minimum absolute atomic E-state index is 0.287. The number of aromatic nitrogens is 3. The lowest BCUT2D eigenvalue weighted by molar-refractivity contribution is -0.119. The van der Waals surface area contributed by atoms with Gasteiger partial charge >= 0.3 is 5.97 Å². The Morgan fingerprint density at radius 1 is 0.824 bits per heavy atom. The van der Waals surface area contributed by atoms with E-state index >= 15 is 0 Å². The molecule has 2 heterocycles. The molecule has 8 heteroatoms. The van der Waals surface area contributed by atoms with E-state index in [4.69, 9.17) is 14.7 Å². The fourth-order valence-corrected chi connectivity index (χ4v) is 3.98. The van der Waals surface area contributed by atoms with E-state index in [-0.39, 0.29) is 5.56 Å². The number of hydrogen-bond acceptors (Lipinski definition) is 7. The van der Waals surface area contributed by atoms with E-state index in [0.717, 1.165) is 16.8 Å². The third kappa shape index (κ3) is 4.67. The smallest absolute Gasteiger partial charge is 0.338 e. The molecule has 166 valence electrons. The molecule has 0 saturated heterocycles. The summed E-state index contributed by atoms with van der Waals surface area (Å²) in [7, 11) is 0. The number of benzene rings is 3. The Labute approximate surface area is 199 Å². The van der Waals surface area contributed by atoms with Crippen LogP contribution in [0.15, 0.2) is 90.4 Å². The summed E-state index contributed by atoms with van der Waals surface area (Å²) >= 11 is 1.28. The van der Waals surface area contributed by atoms with Crippen molar-refractivity contribution in [2.24, 2.45) is 0 Å². The molecular formula is C26H18N4O3S. The molecule has 0 unspecified atom stereocenters. The largest absolute Gasteiger partial charge is 0.452 e. The molecule has 5 rings (SSSR count). The van der Waals surface area contributed by atoms with Crippen molar-refractivity contribution in [2.75, 3.05) is 11.9 Å². The number of nitrogens with zero attached hydrogens (tertiary/aromatic N) is 3. The zero-order valence-corrected chi connectivity index (χ0v) is 18.7. The minimum atomic E-state index is -0.619. The van der Waals surface area contributed by atoms with Crippen molar-refractivity contribution in [3.05, 3.63) is 96.0 Å². The second-order valence-electron chi connectivity index (χ2n) is 7.32. The molecule has 34 heavy (non-hydrogen) atoms. The highest BCUT2D eigenvalue weighted by Crippen LogP contribution is 2.31. The third-order valence-corrected chi connectivity index (χ3v) is 5.70. The molecule has 0 atom stereocenters. The van der Waals surface area contributed by atoms with Gasteiger partial charge in [-0.25, -0.2) is 19.7 Å². The number of esters is 1. The maximum absolute atomic E-state index is 12.6. The minimum Gasteiger partial charge on any atom is -0.452 e. The van der Waals surface area contributed by atoms with Gasteiger partial charge in [0.15, 0.2) is 11.7 Å². The van der Waals surface area contributed by atoms with E-state index in [2.05, 4.69) is 10.3 Å². The van der Waals surface area contributed by atoms with Gasteiger partial charge in [0.1, 0.15) is 0 Å². The number of amides is 1. The fraction of sp³-hybridized carbons (Fsp3) is 0.0385. The maximum Gasteiger partial charge on any atom is 0.338 e. The van der Waals surface area contributed by atoms with Crippen LogP contribution in [0.1, 0.15) is 10.4 Å². The lowest BCUT2D eigenvalue weighted by Crippen LogP contribution is -2.20. The first kappa shape index (κ1) is 21.4. The summed E-state index contributed by atoms with van der Waals surface area (Å²) in [6.45, 7) is -0.412. The highest BCUT2D eigenvalue weighted by Gasteiger charge is 2.16. The van der Waals surface area contributed by atoms with E-state index in [0.29, 0.717) is 21.9 Å². The van der Waals surface area contributed by atoms with Gasteiger partial charge in [0.25, 0.3) is 5.91 Å². The Bertz CT molecular complexity index is 1460. The Balaban J connectivity index is 1.44. The first-order valence-electron chi connectivity index (χ1n) is 10.5. The van der Waals surface area contributed by atoms with Crippen LogP contribution >= 0.6 is 11.3 Å². The lowest BCUT2D eigenvalue weighted by atomic mass is 10.0. The molecule has 3 aromatic carbocycles. The maximum atomic E-state index is 12.6. The van der Waals surface area contributed by atoms with Crippen LogP contribution in [0.5, 0.6) is 0 Å². The van der Waals surface area contributed by atoms with Crippen molar-refractivity contribution < 1.29 is 14.3 Å².